The third kappa shape index (κ3) is 2.34. The van der Waals surface area contributed by atoms with E-state index < -0.39 is 0 Å². The van der Waals surface area contributed by atoms with Crippen LogP contribution in [0.1, 0.15) is 12.5 Å². The second-order valence-corrected chi connectivity index (χ2v) is 4.01. The number of rotatable bonds is 2. The normalized spacial score (nSPS) is 13.0. The summed E-state index contributed by atoms with van der Waals surface area (Å²) >= 11 is 0. The van der Waals surface area contributed by atoms with Gasteiger partial charge in [0.25, 0.3) is 0 Å². The van der Waals surface area contributed by atoms with E-state index in [1.165, 1.54) is 11.6 Å². The summed E-state index contributed by atoms with van der Waals surface area (Å²) in [6, 6.07) is 11.0. The Bertz CT molecular complexity index is 477. The molecule has 2 aromatic rings. The summed E-state index contributed by atoms with van der Waals surface area (Å²) in [6.07, 6.45) is 0.854. The molecule has 0 aliphatic carbocycles. The van der Waals surface area contributed by atoms with Gasteiger partial charge >= 0.3 is 0 Å². The Kier molecular flexibility index (Phi) is 2.69. The van der Waals surface area contributed by atoms with E-state index in [0.717, 1.165) is 17.2 Å². The second kappa shape index (κ2) is 3.99. The Morgan fingerprint density at radius 3 is 2.53 bits per heavy atom. The van der Waals surface area contributed by atoms with Gasteiger partial charge in [-0.05, 0) is 41.8 Å². The molecule has 0 aliphatic heterocycles. The molecule has 78 valence electrons. The van der Waals surface area contributed by atoms with E-state index in [4.69, 9.17) is 5.73 Å². The fourth-order valence-electron chi connectivity index (χ4n) is 1.76. The first kappa shape index (κ1) is 10.1. The summed E-state index contributed by atoms with van der Waals surface area (Å²) in [7, 11) is 0. The predicted molar refractivity (Wildman–Crippen MR) is 61.3 cm³/mol. The van der Waals surface area contributed by atoms with Crippen LogP contribution in [0, 0.1) is 5.82 Å². The van der Waals surface area contributed by atoms with Crippen molar-refractivity contribution in [3.63, 3.8) is 0 Å². The smallest absolute Gasteiger partial charge is 0.123 e. The molecule has 0 spiro atoms. The quantitative estimate of drug-likeness (QED) is 0.798. The average Bonchev–Trinajstić information content (AvgIpc) is 2.17. The zero-order valence-electron chi connectivity index (χ0n) is 8.70. The highest BCUT2D eigenvalue weighted by atomic mass is 19.1. The summed E-state index contributed by atoms with van der Waals surface area (Å²) in [5, 5.41) is 2.00. The molecule has 2 heteroatoms. The number of hydrogen-bond acceptors (Lipinski definition) is 1. The third-order valence-corrected chi connectivity index (χ3v) is 2.42. The van der Waals surface area contributed by atoms with Crippen LogP contribution >= 0.6 is 0 Å². The summed E-state index contributed by atoms with van der Waals surface area (Å²) < 4.78 is 12.9. The monoisotopic (exact) mass is 203 g/mol. The van der Waals surface area contributed by atoms with Crippen LogP contribution < -0.4 is 5.73 Å². The standard InChI is InChI=1S/C13H14FN/c1-9(15)6-10-2-3-12-8-13(14)5-4-11(12)7-10/h2-5,7-9H,6,15H2,1H3. The van der Waals surface area contributed by atoms with E-state index in [1.807, 2.05) is 19.1 Å². The molecule has 1 nitrogen and oxygen atoms in total. The molecule has 1 unspecified atom stereocenters. The van der Waals surface area contributed by atoms with Crippen LogP contribution in [-0.4, -0.2) is 6.04 Å². The SMILES string of the molecule is CC(N)Cc1ccc2cc(F)ccc2c1. The number of halogens is 1. The Morgan fingerprint density at radius 2 is 1.80 bits per heavy atom. The van der Waals surface area contributed by atoms with E-state index >= 15 is 0 Å². The van der Waals surface area contributed by atoms with Crippen LogP contribution in [0.3, 0.4) is 0 Å². The molecular weight excluding hydrogens is 189 g/mol. The van der Waals surface area contributed by atoms with Crippen molar-refractivity contribution < 1.29 is 4.39 Å². The zero-order valence-corrected chi connectivity index (χ0v) is 8.70. The Balaban J connectivity index is 2.43. The molecule has 15 heavy (non-hydrogen) atoms. The van der Waals surface area contributed by atoms with Crippen LogP contribution in [0.4, 0.5) is 4.39 Å². The Labute approximate surface area is 88.7 Å². The third-order valence-electron chi connectivity index (χ3n) is 2.42. The zero-order chi connectivity index (χ0) is 10.8. The maximum atomic E-state index is 12.9. The summed E-state index contributed by atoms with van der Waals surface area (Å²) in [6.45, 7) is 1.98. The van der Waals surface area contributed by atoms with Crippen LogP contribution in [-0.2, 0) is 6.42 Å². The largest absolute Gasteiger partial charge is 0.328 e. The molecule has 2 N–H and O–H groups in total. The number of hydrogen-bond donors (Lipinski definition) is 1. The van der Waals surface area contributed by atoms with Crippen molar-refractivity contribution >= 4 is 10.8 Å². The molecule has 0 amide bonds. The van der Waals surface area contributed by atoms with Crippen molar-refractivity contribution in [3.8, 4) is 0 Å². The van der Waals surface area contributed by atoms with Gasteiger partial charge in [0.1, 0.15) is 5.82 Å². The molecule has 0 fully saturated rings. The van der Waals surface area contributed by atoms with Gasteiger partial charge in [0.05, 0.1) is 0 Å². The molecule has 0 aliphatic rings. The highest BCUT2D eigenvalue weighted by Crippen LogP contribution is 2.18. The summed E-state index contributed by atoms with van der Waals surface area (Å²) in [5.74, 6) is -0.192. The van der Waals surface area contributed by atoms with E-state index in [0.29, 0.717) is 0 Å². The maximum Gasteiger partial charge on any atom is 0.123 e. The summed E-state index contributed by atoms with van der Waals surface area (Å²) in [5.41, 5.74) is 6.93. The molecular formula is C13H14FN. The fourth-order valence-corrected chi connectivity index (χ4v) is 1.76. The number of nitrogens with two attached hydrogens (primary N) is 1. The Hall–Kier alpha value is -1.41. The molecule has 0 heterocycles. The van der Waals surface area contributed by atoms with E-state index in [-0.39, 0.29) is 11.9 Å². The van der Waals surface area contributed by atoms with Gasteiger partial charge in [0, 0.05) is 6.04 Å². The minimum Gasteiger partial charge on any atom is -0.328 e. The molecule has 0 saturated carbocycles. The van der Waals surface area contributed by atoms with Crippen LogP contribution in [0.5, 0.6) is 0 Å². The first-order valence-corrected chi connectivity index (χ1v) is 5.09. The van der Waals surface area contributed by atoms with Gasteiger partial charge < -0.3 is 5.73 Å². The van der Waals surface area contributed by atoms with Gasteiger partial charge in [-0.3, -0.25) is 0 Å². The average molecular weight is 203 g/mol. The predicted octanol–water partition coefficient (Wildman–Crippen LogP) is 2.87. The van der Waals surface area contributed by atoms with Gasteiger partial charge in [0.2, 0.25) is 0 Å². The topological polar surface area (TPSA) is 26.0 Å². The van der Waals surface area contributed by atoms with Crippen molar-refractivity contribution in [2.45, 2.75) is 19.4 Å². The van der Waals surface area contributed by atoms with E-state index in [1.54, 1.807) is 12.1 Å². The first-order valence-electron chi connectivity index (χ1n) is 5.09. The lowest BCUT2D eigenvalue weighted by Crippen LogP contribution is -2.17. The second-order valence-electron chi connectivity index (χ2n) is 4.01. The molecule has 0 aromatic heterocycles. The maximum absolute atomic E-state index is 12.9. The highest BCUT2D eigenvalue weighted by Gasteiger charge is 2.00. The van der Waals surface area contributed by atoms with Gasteiger partial charge in [-0.1, -0.05) is 24.3 Å². The van der Waals surface area contributed by atoms with Gasteiger partial charge in [0.15, 0.2) is 0 Å². The van der Waals surface area contributed by atoms with Gasteiger partial charge in [-0.2, -0.15) is 0 Å². The molecule has 0 bridgehead atoms. The van der Waals surface area contributed by atoms with Crippen LogP contribution in [0.15, 0.2) is 36.4 Å². The lowest BCUT2D eigenvalue weighted by atomic mass is 10.0. The van der Waals surface area contributed by atoms with Gasteiger partial charge in [-0.25, -0.2) is 4.39 Å². The van der Waals surface area contributed by atoms with Gasteiger partial charge in [-0.15, -0.1) is 0 Å². The van der Waals surface area contributed by atoms with Crippen LogP contribution in [0.25, 0.3) is 10.8 Å². The minimum absolute atomic E-state index is 0.155. The van der Waals surface area contributed by atoms with Crippen LogP contribution in [0.2, 0.25) is 0 Å². The minimum atomic E-state index is -0.192. The Morgan fingerprint density at radius 1 is 1.13 bits per heavy atom. The van der Waals surface area contributed by atoms with Crippen molar-refractivity contribution in [2.24, 2.45) is 5.73 Å². The van der Waals surface area contributed by atoms with Crippen molar-refractivity contribution in [1.29, 1.82) is 0 Å². The number of fused-ring (bicyclic) bond motifs is 1. The van der Waals surface area contributed by atoms with E-state index in [2.05, 4.69) is 6.07 Å². The molecule has 0 radical (unpaired) electrons. The van der Waals surface area contributed by atoms with Crippen molar-refractivity contribution in [3.05, 3.63) is 47.8 Å². The van der Waals surface area contributed by atoms with Crippen molar-refractivity contribution in [2.75, 3.05) is 0 Å². The molecule has 2 rings (SSSR count). The van der Waals surface area contributed by atoms with E-state index in [9.17, 15) is 4.39 Å². The highest BCUT2D eigenvalue weighted by molar-refractivity contribution is 5.83. The number of benzene rings is 2. The lowest BCUT2D eigenvalue weighted by Gasteiger charge is -2.06. The molecule has 0 saturated heterocycles. The molecule has 2 aromatic carbocycles. The lowest BCUT2D eigenvalue weighted by molar-refractivity contribution is 0.629. The first-order chi connectivity index (χ1) is 7.15. The molecule has 1 atom stereocenters. The fraction of sp³-hybridized carbons (Fsp3) is 0.231. The van der Waals surface area contributed by atoms with Crippen molar-refractivity contribution in [1.82, 2.24) is 0 Å². The summed E-state index contributed by atoms with van der Waals surface area (Å²) in [4.78, 5) is 0.